The van der Waals surface area contributed by atoms with Crippen LogP contribution in [0, 0.1) is 5.92 Å². The van der Waals surface area contributed by atoms with Crippen LogP contribution in [0.1, 0.15) is 43.4 Å². The zero-order valence-corrected chi connectivity index (χ0v) is 12.5. The molecule has 0 aromatic heterocycles. The number of hydrogen-bond donors (Lipinski definition) is 2. The second-order valence-electron chi connectivity index (χ2n) is 5.99. The van der Waals surface area contributed by atoms with Crippen LogP contribution in [-0.2, 0) is 0 Å². The minimum atomic E-state index is 0.207. The molecule has 0 radical (unpaired) electrons. The highest BCUT2D eigenvalue weighted by Crippen LogP contribution is 2.37. The molecule has 2 N–H and O–H groups in total. The average molecular weight is 281 g/mol. The minimum Gasteiger partial charge on any atom is -0.508 e. The van der Waals surface area contributed by atoms with E-state index < -0.39 is 0 Å². The highest BCUT2D eigenvalue weighted by Gasteiger charge is 2.37. The lowest BCUT2D eigenvalue weighted by Gasteiger charge is -2.20. The first kappa shape index (κ1) is 14.2. The normalized spacial score (nSPS) is 22.0. The molecule has 21 heavy (non-hydrogen) atoms. The summed E-state index contributed by atoms with van der Waals surface area (Å²) in [5.41, 5.74) is 2.49. The highest BCUT2D eigenvalue weighted by molar-refractivity contribution is 5.35. The van der Waals surface area contributed by atoms with E-state index in [1.165, 1.54) is 30.4 Å². The van der Waals surface area contributed by atoms with Crippen LogP contribution >= 0.6 is 0 Å². The molecule has 1 aliphatic carbocycles. The summed E-state index contributed by atoms with van der Waals surface area (Å²) < 4.78 is 0. The van der Waals surface area contributed by atoms with Crippen LogP contribution in [0.3, 0.4) is 0 Å². The third kappa shape index (κ3) is 3.45. The van der Waals surface area contributed by atoms with Crippen molar-refractivity contribution in [3.8, 4) is 5.75 Å². The summed E-state index contributed by atoms with van der Waals surface area (Å²) in [5.74, 6) is 1.15. The number of phenolic OH excluding ortho intramolecular Hbond substituents is 1. The highest BCUT2D eigenvalue weighted by atomic mass is 16.3. The summed E-state index contributed by atoms with van der Waals surface area (Å²) in [6.07, 6.45) is 3.86. The number of benzene rings is 2. The third-order valence-electron chi connectivity index (χ3n) is 4.32. The van der Waals surface area contributed by atoms with Gasteiger partial charge in [0.2, 0.25) is 0 Å². The smallest absolute Gasteiger partial charge is 0.115 e. The van der Waals surface area contributed by atoms with E-state index in [-0.39, 0.29) is 6.04 Å². The summed E-state index contributed by atoms with van der Waals surface area (Å²) in [5, 5.41) is 13.3. The Morgan fingerprint density at radius 1 is 1.05 bits per heavy atom. The van der Waals surface area contributed by atoms with Gasteiger partial charge in [-0.1, -0.05) is 55.8 Å². The number of aromatic hydroxyl groups is 1. The Balaban J connectivity index is 1.80. The van der Waals surface area contributed by atoms with Crippen molar-refractivity contribution in [3.05, 3.63) is 65.7 Å². The van der Waals surface area contributed by atoms with Crippen molar-refractivity contribution in [1.82, 2.24) is 5.32 Å². The first-order chi connectivity index (χ1) is 10.3. The fraction of sp³-hybridized carbons (Fsp3) is 0.368. The Morgan fingerprint density at radius 3 is 2.38 bits per heavy atom. The second-order valence-corrected chi connectivity index (χ2v) is 5.99. The van der Waals surface area contributed by atoms with Crippen LogP contribution in [0.4, 0.5) is 0 Å². The molecule has 0 heterocycles. The molecule has 0 aliphatic heterocycles. The monoisotopic (exact) mass is 281 g/mol. The molecular weight excluding hydrogens is 258 g/mol. The van der Waals surface area contributed by atoms with E-state index in [2.05, 4.69) is 36.5 Å². The van der Waals surface area contributed by atoms with Gasteiger partial charge in [0, 0.05) is 6.04 Å². The summed E-state index contributed by atoms with van der Waals surface area (Å²) in [6, 6.07) is 18.9. The maximum absolute atomic E-state index is 9.49. The standard InChI is InChI=1S/C19H23NO/c1-2-6-16-13-18(16)20-19(14-7-4-3-5-8-14)15-9-11-17(21)12-10-15/h3-5,7-12,16,18-21H,2,6,13H2,1H3. The minimum absolute atomic E-state index is 0.207. The Labute approximate surface area is 126 Å². The van der Waals surface area contributed by atoms with Gasteiger partial charge in [0.25, 0.3) is 0 Å². The van der Waals surface area contributed by atoms with Crippen LogP contribution in [0.2, 0.25) is 0 Å². The zero-order valence-electron chi connectivity index (χ0n) is 12.5. The molecule has 110 valence electrons. The lowest BCUT2D eigenvalue weighted by molar-refractivity contribution is 0.474. The molecular formula is C19H23NO. The Bertz CT molecular complexity index is 564. The first-order valence-corrected chi connectivity index (χ1v) is 7.88. The molecule has 2 heteroatoms. The van der Waals surface area contributed by atoms with Gasteiger partial charge in [0.15, 0.2) is 0 Å². The molecule has 0 saturated heterocycles. The maximum atomic E-state index is 9.49. The molecule has 2 nitrogen and oxygen atoms in total. The number of rotatable bonds is 6. The summed E-state index contributed by atoms with van der Waals surface area (Å²) in [7, 11) is 0. The zero-order chi connectivity index (χ0) is 14.7. The maximum Gasteiger partial charge on any atom is 0.115 e. The Morgan fingerprint density at radius 2 is 1.71 bits per heavy atom. The van der Waals surface area contributed by atoms with Crippen LogP contribution in [0.5, 0.6) is 5.75 Å². The molecule has 1 fully saturated rings. The molecule has 1 saturated carbocycles. The predicted octanol–water partition coefficient (Wildman–Crippen LogP) is 4.26. The number of hydrogen-bond acceptors (Lipinski definition) is 2. The van der Waals surface area contributed by atoms with Crippen LogP contribution in [-0.4, -0.2) is 11.1 Å². The van der Waals surface area contributed by atoms with Crippen molar-refractivity contribution in [1.29, 1.82) is 0 Å². The van der Waals surface area contributed by atoms with E-state index in [0.717, 1.165) is 5.92 Å². The molecule has 1 aliphatic rings. The molecule has 2 aromatic rings. The molecule has 3 rings (SSSR count). The van der Waals surface area contributed by atoms with E-state index >= 15 is 0 Å². The Kier molecular flexibility index (Phi) is 4.26. The van der Waals surface area contributed by atoms with Gasteiger partial charge in [0.05, 0.1) is 6.04 Å². The van der Waals surface area contributed by atoms with Gasteiger partial charge in [-0.3, -0.25) is 0 Å². The largest absolute Gasteiger partial charge is 0.508 e. The van der Waals surface area contributed by atoms with Gasteiger partial charge in [-0.15, -0.1) is 0 Å². The second kappa shape index (κ2) is 6.31. The van der Waals surface area contributed by atoms with Crippen LogP contribution in [0.15, 0.2) is 54.6 Å². The number of nitrogens with one attached hydrogen (secondary N) is 1. The summed E-state index contributed by atoms with van der Waals surface area (Å²) >= 11 is 0. The average Bonchev–Trinajstić information content (AvgIpc) is 3.25. The van der Waals surface area contributed by atoms with Gasteiger partial charge < -0.3 is 10.4 Å². The van der Waals surface area contributed by atoms with E-state index in [1.54, 1.807) is 12.1 Å². The van der Waals surface area contributed by atoms with Gasteiger partial charge in [0.1, 0.15) is 5.75 Å². The number of phenols is 1. The SMILES string of the molecule is CCCC1CC1NC(c1ccccc1)c1ccc(O)cc1. The van der Waals surface area contributed by atoms with Crippen molar-refractivity contribution in [2.24, 2.45) is 5.92 Å². The molecule has 0 amide bonds. The molecule has 2 aromatic carbocycles. The van der Waals surface area contributed by atoms with Gasteiger partial charge in [-0.05, 0) is 42.0 Å². The summed E-state index contributed by atoms with van der Waals surface area (Å²) in [4.78, 5) is 0. The van der Waals surface area contributed by atoms with E-state index in [4.69, 9.17) is 0 Å². The van der Waals surface area contributed by atoms with Gasteiger partial charge in [-0.2, -0.15) is 0 Å². The molecule has 0 bridgehead atoms. The van der Waals surface area contributed by atoms with Gasteiger partial charge in [-0.25, -0.2) is 0 Å². The van der Waals surface area contributed by atoms with Gasteiger partial charge >= 0.3 is 0 Å². The fourth-order valence-electron chi connectivity index (χ4n) is 3.05. The van der Waals surface area contributed by atoms with Crippen LogP contribution < -0.4 is 5.32 Å². The van der Waals surface area contributed by atoms with Crippen molar-refractivity contribution >= 4 is 0 Å². The van der Waals surface area contributed by atoms with E-state index in [1.807, 2.05) is 18.2 Å². The molecule has 3 unspecified atom stereocenters. The fourth-order valence-corrected chi connectivity index (χ4v) is 3.05. The lowest BCUT2D eigenvalue weighted by Crippen LogP contribution is -2.25. The van der Waals surface area contributed by atoms with Crippen LogP contribution in [0.25, 0.3) is 0 Å². The Hall–Kier alpha value is -1.80. The molecule has 0 spiro atoms. The van der Waals surface area contributed by atoms with E-state index in [0.29, 0.717) is 11.8 Å². The van der Waals surface area contributed by atoms with Crippen molar-refractivity contribution in [2.75, 3.05) is 0 Å². The van der Waals surface area contributed by atoms with E-state index in [9.17, 15) is 5.11 Å². The predicted molar refractivity (Wildman–Crippen MR) is 86.3 cm³/mol. The van der Waals surface area contributed by atoms with Crippen molar-refractivity contribution < 1.29 is 5.11 Å². The molecule has 3 atom stereocenters. The van der Waals surface area contributed by atoms with Crippen molar-refractivity contribution in [3.63, 3.8) is 0 Å². The first-order valence-electron chi connectivity index (χ1n) is 7.88. The summed E-state index contributed by atoms with van der Waals surface area (Å²) in [6.45, 7) is 2.25. The quantitative estimate of drug-likeness (QED) is 0.829. The van der Waals surface area contributed by atoms with Crippen molar-refractivity contribution in [2.45, 2.75) is 38.3 Å². The lowest BCUT2D eigenvalue weighted by atomic mass is 9.98. The topological polar surface area (TPSA) is 32.3 Å². The third-order valence-corrected chi connectivity index (χ3v) is 4.32.